The largest absolute Gasteiger partial charge is 0.508 e. The Bertz CT molecular complexity index is 555. The average molecular weight is 288 g/mol. The van der Waals surface area contributed by atoms with Gasteiger partial charge in [0.15, 0.2) is 0 Å². The Kier molecular flexibility index (Phi) is 2.78. The van der Waals surface area contributed by atoms with Gasteiger partial charge in [0.1, 0.15) is 5.75 Å². The van der Waals surface area contributed by atoms with Crippen LogP contribution in [-0.2, 0) is 0 Å². The fourth-order valence-electron chi connectivity index (χ4n) is 4.68. The number of benzene rings is 1. The minimum absolute atomic E-state index is 0.0820. The SMILES string of the molecule is O=C(NC12CC3CC(C1)N(O)C(C3)C2)c1ccc(O)cc1. The molecule has 2 heterocycles. The van der Waals surface area contributed by atoms with Gasteiger partial charge >= 0.3 is 0 Å². The molecule has 4 bridgehead atoms. The van der Waals surface area contributed by atoms with Gasteiger partial charge in [-0.05, 0) is 62.3 Å². The molecular formula is C16H20N2O3. The number of amides is 1. The molecule has 1 aromatic carbocycles. The molecule has 1 amide bonds. The molecule has 21 heavy (non-hydrogen) atoms. The number of hydroxylamine groups is 2. The maximum Gasteiger partial charge on any atom is 0.251 e. The zero-order valence-electron chi connectivity index (χ0n) is 11.8. The molecule has 4 fully saturated rings. The second-order valence-electron chi connectivity index (χ2n) is 6.92. The molecule has 2 saturated carbocycles. The maximum atomic E-state index is 12.5. The third-order valence-electron chi connectivity index (χ3n) is 5.40. The zero-order chi connectivity index (χ0) is 14.6. The van der Waals surface area contributed by atoms with Gasteiger partial charge in [-0.15, -0.1) is 0 Å². The molecule has 2 aliphatic carbocycles. The molecule has 0 radical (unpaired) electrons. The van der Waals surface area contributed by atoms with E-state index in [1.165, 1.54) is 17.2 Å². The number of piperidine rings is 2. The van der Waals surface area contributed by atoms with Gasteiger partial charge in [-0.25, -0.2) is 0 Å². The van der Waals surface area contributed by atoms with E-state index in [1.807, 2.05) is 0 Å². The number of phenolic OH excluding ortho intramolecular Hbond substituents is 1. The molecule has 0 spiro atoms. The summed E-state index contributed by atoms with van der Waals surface area (Å²) < 4.78 is 0. The average Bonchev–Trinajstić information content (AvgIpc) is 2.44. The van der Waals surface area contributed by atoms with Crippen LogP contribution in [0.15, 0.2) is 24.3 Å². The molecule has 4 aliphatic rings. The molecular weight excluding hydrogens is 268 g/mol. The Morgan fingerprint density at radius 3 is 2.38 bits per heavy atom. The van der Waals surface area contributed by atoms with Crippen LogP contribution in [0.3, 0.4) is 0 Å². The standard InChI is InChI=1S/C16H20N2O3/c19-14-3-1-11(2-4-14)15(20)17-16-7-10-5-12(8-16)18(21)13(6-10)9-16/h1-4,10,12-13,19,21H,5-9H2,(H,17,20). The summed E-state index contributed by atoms with van der Waals surface area (Å²) in [4.78, 5) is 12.5. The fraction of sp³-hybridized carbons (Fsp3) is 0.562. The number of rotatable bonds is 2. The number of hydrogen-bond donors (Lipinski definition) is 3. The fourth-order valence-corrected chi connectivity index (χ4v) is 4.68. The third-order valence-corrected chi connectivity index (χ3v) is 5.40. The first-order valence-corrected chi connectivity index (χ1v) is 7.63. The maximum absolute atomic E-state index is 12.5. The van der Waals surface area contributed by atoms with Crippen molar-refractivity contribution in [1.82, 2.24) is 10.4 Å². The first-order chi connectivity index (χ1) is 10.0. The highest BCUT2D eigenvalue weighted by atomic mass is 16.5. The van der Waals surface area contributed by atoms with Crippen molar-refractivity contribution in [3.8, 4) is 5.75 Å². The lowest BCUT2D eigenvalue weighted by Gasteiger charge is -2.59. The van der Waals surface area contributed by atoms with Gasteiger partial charge in [0.2, 0.25) is 0 Å². The third kappa shape index (κ3) is 2.12. The second-order valence-corrected chi connectivity index (χ2v) is 6.92. The number of carbonyl (C=O) groups is 1. The summed E-state index contributed by atoms with van der Waals surface area (Å²) >= 11 is 0. The molecule has 5 nitrogen and oxygen atoms in total. The summed E-state index contributed by atoms with van der Waals surface area (Å²) in [7, 11) is 0. The quantitative estimate of drug-likeness (QED) is 0.777. The molecule has 1 aromatic rings. The van der Waals surface area contributed by atoms with Crippen LogP contribution in [0.1, 0.15) is 42.5 Å². The lowest BCUT2D eigenvalue weighted by atomic mass is 9.60. The molecule has 112 valence electrons. The number of aromatic hydroxyl groups is 1. The molecule has 2 unspecified atom stereocenters. The van der Waals surface area contributed by atoms with Crippen molar-refractivity contribution in [2.75, 3.05) is 0 Å². The normalized spacial score (nSPS) is 37.7. The Balaban J connectivity index is 1.54. The van der Waals surface area contributed by atoms with Gasteiger partial charge in [-0.3, -0.25) is 4.79 Å². The van der Waals surface area contributed by atoms with Crippen molar-refractivity contribution in [3.05, 3.63) is 29.8 Å². The Hall–Kier alpha value is -1.59. The van der Waals surface area contributed by atoms with Gasteiger partial charge in [-0.2, -0.15) is 5.06 Å². The smallest absolute Gasteiger partial charge is 0.251 e. The highest BCUT2D eigenvalue weighted by Crippen LogP contribution is 2.50. The molecule has 3 N–H and O–H groups in total. The van der Waals surface area contributed by atoms with E-state index in [0.29, 0.717) is 11.5 Å². The van der Waals surface area contributed by atoms with Crippen LogP contribution >= 0.6 is 0 Å². The van der Waals surface area contributed by atoms with Crippen molar-refractivity contribution in [2.24, 2.45) is 5.92 Å². The molecule has 5 heteroatoms. The highest BCUT2D eigenvalue weighted by Gasteiger charge is 2.55. The van der Waals surface area contributed by atoms with E-state index in [2.05, 4.69) is 5.32 Å². The van der Waals surface area contributed by atoms with Gasteiger partial charge in [0.05, 0.1) is 0 Å². The van der Waals surface area contributed by atoms with Gasteiger partial charge in [-0.1, -0.05) is 0 Å². The van der Waals surface area contributed by atoms with E-state index < -0.39 is 0 Å². The van der Waals surface area contributed by atoms with Crippen LogP contribution in [0.5, 0.6) is 5.75 Å². The van der Waals surface area contributed by atoms with Gasteiger partial charge in [0.25, 0.3) is 5.91 Å². The minimum Gasteiger partial charge on any atom is -0.508 e. The van der Waals surface area contributed by atoms with Crippen molar-refractivity contribution in [1.29, 1.82) is 0 Å². The molecule has 2 aliphatic heterocycles. The molecule has 2 atom stereocenters. The Morgan fingerprint density at radius 1 is 1.14 bits per heavy atom. The second kappa shape index (κ2) is 4.45. The van der Waals surface area contributed by atoms with E-state index in [9.17, 15) is 15.1 Å². The number of hydrogen-bond acceptors (Lipinski definition) is 4. The molecule has 2 saturated heterocycles. The Labute approximate surface area is 123 Å². The van der Waals surface area contributed by atoms with Crippen molar-refractivity contribution < 1.29 is 15.1 Å². The summed E-state index contributed by atoms with van der Waals surface area (Å²) in [5, 5.41) is 24.2. The minimum atomic E-state index is -0.162. The van der Waals surface area contributed by atoms with Crippen LogP contribution in [0.25, 0.3) is 0 Å². The summed E-state index contributed by atoms with van der Waals surface area (Å²) in [6.45, 7) is 0. The molecule has 5 rings (SSSR count). The highest BCUT2D eigenvalue weighted by molar-refractivity contribution is 5.94. The molecule has 0 aromatic heterocycles. The van der Waals surface area contributed by atoms with Crippen LogP contribution in [-0.4, -0.2) is 38.9 Å². The van der Waals surface area contributed by atoms with Crippen LogP contribution in [0.4, 0.5) is 0 Å². The summed E-state index contributed by atoms with van der Waals surface area (Å²) in [5.41, 5.74) is 0.412. The van der Waals surface area contributed by atoms with E-state index in [1.54, 1.807) is 12.1 Å². The van der Waals surface area contributed by atoms with E-state index in [-0.39, 0.29) is 29.3 Å². The van der Waals surface area contributed by atoms with Crippen LogP contribution in [0.2, 0.25) is 0 Å². The number of phenols is 1. The van der Waals surface area contributed by atoms with Crippen LogP contribution in [0, 0.1) is 5.92 Å². The predicted molar refractivity (Wildman–Crippen MR) is 76.1 cm³/mol. The topological polar surface area (TPSA) is 72.8 Å². The number of nitrogens with one attached hydrogen (secondary N) is 1. The van der Waals surface area contributed by atoms with E-state index >= 15 is 0 Å². The monoisotopic (exact) mass is 288 g/mol. The van der Waals surface area contributed by atoms with Gasteiger partial charge in [0, 0.05) is 23.2 Å². The van der Waals surface area contributed by atoms with E-state index in [4.69, 9.17) is 0 Å². The number of nitrogens with zero attached hydrogens (tertiary/aromatic N) is 1. The van der Waals surface area contributed by atoms with Crippen molar-refractivity contribution in [2.45, 2.75) is 49.7 Å². The number of carbonyl (C=O) groups excluding carboxylic acids is 1. The lowest BCUT2D eigenvalue weighted by molar-refractivity contribution is -0.236. The van der Waals surface area contributed by atoms with Crippen molar-refractivity contribution >= 4 is 5.91 Å². The summed E-state index contributed by atoms with van der Waals surface area (Å²) in [5.74, 6) is 0.699. The van der Waals surface area contributed by atoms with Gasteiger partial charge < -0.3 is 15.6 Å². The zero-order valence-corrected chi connectivity index (χ0v) is 11.8. The first-order valence-electron chi connectivity index (χ1n) is 7.63. The first kappa shape index (κ1) is 13.1. The summed E-state index contributed by atoms with van der Waals surface area (Å²) in [6.07, 6.45) is 4.78. The van der Waals surface area contributed by atoms with Crippen LogP contribution < -0.4 is 5.32 Å². The lowest BCUT2D eigenvalue weighted by Crippen LogP contribution is -2.68. The Morgan fingerprint density at radius 2 is 1.76 bits per heavy atom. The summed E-state index contributed by atoms with van der Waals surface area (Å²) in [6, 6.07) is 6.73. The van der Waals surface area contributed by atoms with Crippen molar-refractivity contribution in [3.63, 3.8) is 0 Å². The van der Waals surface area contributed by atoms with E-state index in [0.717, 1.165) is 32.1 Å². The predicted octanol–water partition coefficient (Wildman–Crippen LogP) is 1.90.